The molecule has 0 fully saturated rings. The smallest absolute Gasteiger partial charge is 0.164 e. The zero-order valence-electron chi connectivity index (χ0n) is 29.8. The van der Waals surface area contributed by atoms with Crippen molar-refractivity contribution in [3.05, 3.63) is 200 Å². The molecular formula is C51H33N3S. The standard InChI is InChI=1S/C51H33N3S/c1-4-15-34(16-5-1)40-21-10-11-22-41(40)35-27-29-36(30-28-35)42-23-12-13-24-43(42)39-31-32-46-45(33-39)48-44(25-14-26-47(48)55-46)51-53-49(37-17-6-2-7-18-37)52-50(54-51)38-19-8-3-9-20-38/h1-33H. The maximum atomic E-state index is 5.10. The van der Waals surface area contributed by atoms with E-state index in [1.807, 2.05) is 36.4 Å². The van der Waals surface area contributed by atoms with Gasteiger partial charge in [0.1, 0.15) is 0 Å². The molecule has 0 spiro atoms. The predicted molar refractivity (Wildman–Crippen MR) is 231 cm³/mol. The lowest BCUT2D eigenvalue weighted by Crippen LogP contribution is -2.00. The summed E-state index contributed by atoms with van der Waals surface area (Å²) in [6.45, 7) is 0. The molecule has 10 rings (SSSR count). The molecule has 4 heteroatoms. The molecule has 0 bridgehead atoms. The number of hydrogen-bond acceptors (Lipinski definition) is 4. The van der Waals surface area contributed by atoms with Gasteiger partial charge in [0.2, 0.25) is 0 Å². The highest BCUT2D eigenvalue weighted by Gasteiger charge is 2.18. The van der Waals surface area contributed by atoms with Crippen molar-refractivity contribution in [1.82, 2.24) is 15.0 Å². The largest absolute Gasteiger partial charge is 0.208 e. The summed E-state index contributed by atoms with van der Waals surface area (Å²) in [6, 6.07) is 70.6. The summed E-state index contributed by atoms with van der Waals surface area (Å²) in [7, 11) is 0. The van der Waals surface area contributed by atoms with E-state index < -0.39 is 0 Å². The van der Waals surface area contributed by atoms with Crippen molar-refractivity contribution in [3.63, 3.8) is 0 Å². The SMILES string of the molecule is c1ccc(-c2nc(-c3ccccc3)nc(-c3cccc4sc5ccc(-c6ccccc6-c6ccc(-c7ccccc7-c7ccccc7)cc6)cc5c34)n2)cc1. The monoisotopic (exact) mass is 719 g/mol. The first-order valence-corrected chi connectivity index (χ1v) is 19.3. The lowest BCUT2D eigenvalue weighted by Gasteiger charge is -2.13. The Bertz CT molecular complexity index is 2900. The number of rotatable bonds is 7. The van der Waals surface area contributed by atoms with E-state index in [-0.39, 0.29) is 0 Å². The Morgan fingerprint density at radius 2 is 0.673 bits per heavy atom. The van der Waals surface area contributed by atoms with Gasteiger partial charge in [-0.05, 0) is 62.7 Å². The fraction of sp³-hybridized carbons (Fsp3) is 0. The van der Waals surface area contributed by atoms with Crippen molar-refractivity contribution in [2.45, 2.75) is 0 Å². The van der Waals surface area contributed by atoms with E-state index >= 15 is 0 Å². The minimum Gasteiger partial charge on any atom is -0.208 e. The van der Waals surface area contributed by atoms with Crippen LogP contribution in [0.2, 0.25) is 0 Å². The molecule has 10 aromatic rings. The van der Waals surface area contributed by atoms with Crippen LogP contribution in [0.25, 0.3) is 98.8 Å². The average Bonchev–Trinajstić information content (AvgIpc) is 3.65. The summed E-state index contributed by atoms with van der Waals surface area (Å²) in [5.74, 6) is 1.98. The Morgan fingerprint density at radius 3 is 1.20 bits per heavy atom. The molecule has 0 unspecified atom stereocenters. The highest BCUT2D eigenvalue weighted by Crippen LogP contribution is 2.43. The van der Waals surface area contributed by atoms with Crippen molar-refractivity contribution >= 4 is 31.5 Å². The summed E-state index contributed by atoms with van der Waals surface area (Å²) in [4.78, 5) is 15.2. The second kappa shape index (κ2) is 14.1. The normalized spacial score (nSPS) is 11.3. The first-order valence-electron chi connectivity index (χ1n) is 18.4. The molecule has 2 heterocycles. The second-order valence-corrected chi connectivity index (χ2v) is 14.6. The van der Waals surface area contributed by atoms with Crippen LogP contribution < -0.4 is 0 Å². The van der Waals surface area contributed by atoms with Gasteiger partial charge in [-0.3, -0.25) is 0 Å². The summed E-state index contributed by atoms with van der Waals surface area (Å²) < 4.78 is 2.43. The third-order valence-corrected chi connectivity index (χ3v) is 11.3. The van der Waals surface area contributed by atoms with Gasteiger partial charge in [0.25, 0.3) is 0 Å². The van der Waals surface area contributed by atoms with Crippen molar-refractivity contribution in [2.24, 2.45) is 0 Å². The minimum atomic E-state index is 0.658. The van der Waals surface area contributed by atoms with E-state index in [2.05, 4.69) is 164 Å². The van der Waals surface area contributed by atoms with Crippen LogP contribution in [-0.2, 0) is 0 Å². The van der Waals surface area contributed by atoms with E-state index in [1.54, 1.807) is 11.3 Å². The van der Waals surface area contributed by atoms with Crippen LogP contribution in [0.4, 0.5) is 0 Å². The van der Waals surface area contributed by atoms with Crippen molar-refractivity contribution in [1.29, 1.82) is 0 Å². The summed E-state index contributed by atoms with van der Waals surface area (Å²) in [6.07, 6.45) is 0. The van der Waals surface area contributed by atoms with Crippen LogP contribution in [0.1, 0.15) is 0 Å². The van der Waals surface area contributed by atoms with E-state index in [1.165, 1.54) is 59.3 Å². The van der Waals surface area contributed by atoms with Gasteiger partial charge in [-0.25, -0.2) is 15.0 Å². The Morgan fingerprint density at radius 1 is 0.273 bits per heavy atom. The molecule has 0 amide bonds. The first kappa shape index (κ1) is 32.6. The number of fused-ring (bicyclic) bond motifs is 3. The molecule has 0 aliphatic carbocycles. The van der Waals surface area contributed by atoms with Crippen LogP contribution >= 0.6 is 11.3 Å². The topological polar surface area (TPSA) is 38.7 Å². The van der Waals surface area contributed by atoms with Crippen LogP contribution in [0, 0.1) is 0 Å². The van der Waals surface area contributed by atoms with E-state index in [4.69, 9.17) is 15.0 Å². The molecule has 0 saturated heterocycles. The Labute approximate surface area is 323 Å². The van der Waals surface area contributed by atoms with Gasteiger partial charge in [-0.2, -0.15) is 0 Å². The number of benzene rings is 8. The molecule has 0 aliphatic heterocycles. The lowest BCUT2D eigenvalue weighted by molar-refractivity contribution is 1.08. The summed E-state index contributed by atoms with van der Waals surface area (Å²) >= 11 is 1.80. The number of nitrogens with zero attached hydrogens (tertiary/aromatic N) is 3. The number of hydrogen-bond donors (Lipinski definition) is 0. The number of aromatic nitrogens is 3. The van der Waals surface area contributed by atoms with Gasteiger partial charge in [-0.1, -0.05) is 182 Å². The Kier molecular flexibility index (Phi) is 8.36. The zero-order valence-corrected chi connectivity index (χ0v) is 30.6. The highest BCUT2D eigenvalue weighted by atomic mass is 32.1. The molecule has 0 atom stereocenters. The molecule has 0 radical (unpaired) electrons. The fourth-order valence-corrected chi connectivity index (χ4v) is 8.64. The number of thiophene rings is 1. The third-order valence-electron chi connectivity index (χ3n) is 10.2. The molecule has 0 N–H and O–H groups in total. The Balaban J connectivity index is 1.08. The second-order valence-electron chi connectivity index (χ2n) is 13.6. The molecule has 3 nitrogen and oxygen atoms in total. The lowest BCUT2D eigenvalue weighted by atomic mass is 9.91. The van der Waals surface area contributed by atoms with Gasteiger partial charge >= 0.3 is 0 Å². The van der Waals surface area contributed by atoms with Crippen molar-refractivity contribution < 1.29 is 0 Å². The molecule has 2 aromatic heterocycles. The maximum absolute atomic E-state index is 5.10. The van der Waals surface area contributed by atoms with Gasteiger partial charge in [-0.15, -0.1) is 11.3 Å². The van der Waals surface area contributed by atoms with E-state index in [0.29, 0.717) is 17.5 Å². The van der Waals surface area contributed by atoms with Gasteiger partial charge in [0.05, 0.1) is 0 Å². The molecule has 0 aliphatic rings. The maximum Gasteiger partial charge on any atom is 0.164 e. The first-order chi connectivity index (χ1) is 27.3. The minimum absolute atomic E-state index is 0.658. The van der Waals surface area contributed by atoms with Crippen molar-refractivity contribution in [2.75, 3.05) is 0 Å². The summed E-state index contributed by atoms with van der Waals surface area (Å²) in [5, 5.41) is 2.35. The molecular weight excluding hydrogens is 687 g/mol. The molecule has 258 valence electrons. The van der Waals surface area contributed by atoms with Crippen LogP contribution in [0.3, 0.4) is 0 Å². The fourth-order valence-electron chi connectivity index (χ4n) is 7.53. The highest BCUT2D eigenvalue weighted by molar-refractivity contribution is 7.26. The quantitative estimate of drug-likeness (QED) is 0.165. The summed E-state index contributed by atoms with van der Waals surface area (Å²) in [5.41, 5.74) is 12.5. The van der Waals surface area contributed by atoms with E-state index in [0.717, 1.165) is 22.1 Å². The molecule has 55 heavy (non-hydrogen) atoms. The zero-order chi connectivity index (χ0) is 36.6. The van der Waals surface area contributed by atoms with E-state index in [9.17, 15) is 0 Å². The average molecular weight is 720 g/mol. The molecule has 0 saturated carbocycles. The third kappa shape index (κ3) is 6.19. The van der Waals surface area contributed by atoms with Gasteiger partial charge < -0.3 is 0 Å². The predicted octanol–water partition coefficient (Wildman–Crippen LogP) is 13.9. The van der Waals surface area contributed by atoms with Crippen LogP contribution in [0.5, 0.6) is 0 Å². The van der Waals surface area contributed by atoms with Crippen LogP contribution in [-0.4, -0.2) is 15.0 Å². The Hall–Kier alpha value is -7.01. The van der Waals surface area contributed by atoms with Crippen molar-refractivity contribution in [3.8, 4) is 78.7 Å². The molecule has 8 aromatic carbocycles. The van der Waals surface area contributed by atoms with Crippen LogP contribution in [0.15, 0.2) is 200 Å². The van der Waals surface area contributed by atoms with Gasteiger partial charge in [0.15, 0.2) is 17.5 Å². The van der Waals surface area contributed by atoms with Gasteiger partial charge in [0, 0.05) is 36.9 Å².